The number of amides is 1. The Labute approximate surface area is 123 Å². The molecule has 1 aromatic heterocycles. The van der Waals surface area contributed by atoms with E-state index >= 15 is 0 Å². The van der Waals surface area contributed by atoms with Crippen molar-refractivity contribution in [2.75, 3.05) is 0 Å². The standard InChI is InChI=1S/C15H9F3N2O2/c16-15(17,18)12-4-2-1-3-11(12)13-6-5-10(22-13)7-9(8-19)14(20)21/h1-7H,(H2,20,21)/b9-7+. The van der Waals surface area contributed by atoms with Crippen LogP contribution in [-0.4, -0.2) is 5.91 Å². The van der Waals surface area contributed by atoms with Crippen LogP contribution in [-0.2, 0) is 11.0 Å². The lowest BCUT2D eigenvalue weighted by molar-refractivity contribution is -0.137. The highest BCUT2D eigenvalue weighted by atomic mass is 19.4. The summed E-state index contributed by atoms with van der Waals surface area (Å²) >= 11 is 0. The number of carbonyl (C=O) groups excluding carboxylic acids is 1. The van der Waals surface area contributed by atoms with Crippen LogP contribution in [0.15, 0.2) is 46.4 Å². The summed E-state index contributed by atoms with van der Waals surface area (Å²) < 4.78 is 44.1. The monoisotopic (exact) mass is 306 g/mol. The van der Waals surface area contributed by atoms with Gasteiger partial charge in [0.1, 0.15) is 23.2 Å². The molecule has 1 aromatic carbocycles. The van der Waals surface area contributed by atoms with Crippen LogP contribution in [0, 0.1) is 11.3 Å². The normalized spacial score (nSPS) is 12.0. The van der Waals surface area contributed by atoms with E-state index in [-0.39, 0.29) is 22.7 Å². The number of furan rings is 1. The van der Waals surface area contributed by atoms with Gasteiger partial charge in [-0.1, -0.05) is 18.2 Å². The van der Waals surface area contributed by atoms with Gasteiger partial charge in [0.25, 0.3) is 5.91 Å². The SMILES string of the molecule is N#C/C(=C\c1ccc(-c2ccccc2C(F)(F)F)o1)C(N)=O. The van der Waals surface area contributed by atoms with Gasteiger partial charge in [0, 0.05) is 11.6 Å². The Kier molecular flexibility index (Phi) is 4.04. The van der Waals surface area contributed by atoms with Crippen molar-refractivity contribution in [3.05, 3.63) is 53.3 Å². The number of hydrogen-bond donors (Lipinski definition) is 1. The number of nitriles is 1. The number of halogens is 3. The summed E-state index contributed by atoms with van der Waals surface area (Å²) in [6.45, 7) is 0. The molecule has 0 aliphatic heterocycles. The van der Waals surface area contributed by atoms with Crippen molar-refractivity contribution in [2.24, 2.45) is 5.73 Å². The third kappa shape index (κ3) is 3.17. The fourth-order valence-corrected chi connectivity index (χ4v) is 1.82. The molecule has 112 valence electrons. The molecule has 0 spiro atoms. The number of rotatable bonds is 3. The number of benzene rings is 1. The van der Waals surface area contributed by atoms with E-state index in [1.165, 1.54) is 30.3 Å². The highest BCUT2D eigenvalue weighted by Crippen LogP contribution is 2.37. The van der Waals surface area contributed by atoms with Crippen LogP contribution >= 0.6 is 0 Å². The van der Waals surface area contributed by atoms with Crippen molar-refractivity contribution in [1.82, 2.24) is 0 Å². The van der Waals surface area contributed by atoms with Crippen LogP contribution < -0.4 is 5.73 Å². The molecule has 0 aliphatic carbocycles. The van der Waals surface area contributed by atoms with Crippen molar-refractivity contribution >= 4 is 12.0 Å². The highest BCUT2D eigenvalue weighted by Gasteiger charge is 2.34. The molecule has 1 amide bonds. The maximum Gasteiger partial charge on any atom is 0.417 e. The molecular formula is C15H9F3N2O2. The fraction of sp³-hybridized carbons (Fsp3) is 0.0667. The van der Waals surface area contributed by atoms with Crippen LogP contribution in [0.3, 0.4) is 0 Å². The molecule has 2 N–H and O–H groups in total. The predicted octanol–water partition coefficient (Wildman–Crippen LogP) is 3.36. The maximum absolute atomic E-state index is 13.0. The molecule has 22 heavy (non-hydrogen) atoms. The van der Waals surface area contributed by atoms with Crippen LogP contribution in [0.5, 0.6) is 0 Å². The summed E-state index contributed by atoms with van der Waals surface area (Å²) in [7, 11) is 0. The Balaban J connectivity index is 2.47. The topological polar surface area (TPSA) is 80.0 Å². The van der Waals surface area contributed by atoms with Crippen molar-refractivity contribution < 1.29 is 22.4 Å². The van der Waals surface area contributed by atoms with Gasteiger partial charge in [0.05, 0.1) is 5.56 Å². The molecule has 0 saturated carbocycles. The maximum atomic E-state index is 13.0. The van der Waals surface area contributed by atoms with Gasteiger partial charge >= 0.3 is 6.18 Å². The van der Waals surface area contributed by atoms with E-state index < -0.39 is 17.6 Å². The average Bonchev–Trinajstić information content (AvgIpc) is 2.92. The third-order valence-corrected chi connectivity index (χ3v) is 2.80. The van der Waals surface area contributed by atoms with E-state index in [9.17, 15) is 18.0 Å². The van der Waals surface area contributed by atoms with Gasteiger partial charge < -0.3 is 10.2 Å². The molecule has 0 atom stereocenters. The Bertz CT molecular complexity index is 783. The Morgan fingerprint density at radius 1 is 1.23 bits per heavy atom. The van der Waals surface area contributed by atoms with Gasteiger partial charge in [-0.2, -0.15) is 18.4 Å². The molecule has 0 radical (unpaired) electrons. The third-order valence-electron chi connectivity index (χ3n) is 2.80. The van der Waals surface area contributed by atoms with E-state index in [1.54, 1.807) is 6.07 Å². The number of carbonyl (C=O) groups is 1. The zero-order valence-electron chi connectivity index (χ0n) is 11.0. The molecule has 0 fully saturated rings. The van der Waals surface area contributed by atoms with Gasteiger partial charge in [-0.25, -0.2) is 0 Å². The van der Waals surface area contributed by atoms with Crippen LogP contribution in [0.1, 0.15) is 11.3 Å². The lowest BCUT2D eigenvalue weighted by Gasteiger charge is -2.10. The molecule has 2 rings (SSSR count). The summed E-state index contributed by atoms with van der Waals surface area (Å²) in [6.07, 6.45) is -3.45. The summed E-state index contributed by atoms with van der Waals surface area (Å²) in [6, 6.07) is 9.20. The average molecular weight is 306 g/mol. The smallest absolute Gasteiger partial charge is 0.417 e. The lowest BCUT2D eigenvalue weighted by Crippen LogP contribution is -2.12. The molecule has 0 aliphatic rings. The number of alkyl halides is 3. The molecule has 7 heteroatoms. The molecule has 4 nitrogen and oxygen atoms in total. The zero-order chi connectivity index (χ0) is 16.3. The largest absolute Gasteiger partial charge is 0.457 e. The first kappa shape index (κ1) is 15.4. The van der Waals surface area contributed by atoms with Crippen LogP contribution in [0.25, 0.3) is 17.4 Å². The molecular weight excluding hydrogens is 297 g/mol. The second-order valence-electron chi connectivity index (χ2n) is 4.28. The molecule has 0 bridgehead atoms. The van der Waals surface area contributed by atoms with Crippen molar-refractivity contribution in [2.45, 2.75) is 6.18 Å². The number of nitrogens with zero attached hydrogens (tertiary/aromatic N) is 1. The lowest BCUT2D eigenvalue weighted by atomic mass is 10.1. The summed E-state index contributed by atoms with van der Waals surface area (Å²) in [5.74, 6) is -0.917. The second kappa shape index (κ2) is 5.77. The first-order valence-corrected chi connectivity index (χ1v) is 6.01. The predicted molar refractivity (Wildman–Crippen MR) is 71.9 cm³/mol. The first-order chi connectivity index (χ1) is 10.3. The molecule has 1 heterocycles. The van der Waals surface area contributed by atoms with Crippen LogP contribution in [0.4, 0.5) is 13.2 Å². The van der Waals surface area contributed by atoms with Gasteiger partial charge in [-0.3, -0.25) is 4.79 Å². The van der Waals surface area contributed by atoms with E-state index in [4.69, 9.17) is 15.4 Å². The summed E-state index contributed by atoms with van der Waals surface area (Å²) in [4.78, 5) is 10.9. The van der Waals surface area contributed by atoms with Gasteiger partial charge in [0.2, 0.25) is 0 Å². The first-order valence-electron chi connectivity index (χ1n) is 6.01. The zero-order valence-corrected chi connectivity index (χ0v) is 11.0. The Morgan fingerprint density at radius 3 is 2.50 bits per heavy atom. The summed E-state index contributed by atoms with van der Waals surface area (Å²) in [5.41, 5.74) is 3.65. The quantitative estimate of drug-likeness (QED) is 0.697. The van der Waals surface area contributed by atoms with Crippen LogP contribution in [0.2, 0.25) is 0 Å². The number of hydrogen-bond acceptors (Lipinski definition) is 3. The minimum absolute atomic E-state index is 0.0269. The number of nitrogens with two attached hydrogens (primary N) is 1. The molecule has 2 aromatic rings. The van der Waals surface area contributed by atoms with Crippen molar-refractivity contribution in [1.29, 1.82) is 5.26 Å². The minimum Gasteiger partial charge on any atom is -0.457 e. The minimum atomic E-state index is -4.52. The van der Waals surface area contributed by atoms with E-state index in [0.717, 1.165) is 12.1 Å². The van der Waals surface area contributed by atoms with E-state index in [0.29, 0.717) is 0 Å². The van der Waals surface area contributed by atoms with Gasteiger partial charge in [-0.05, 0) is 18.2 Å². The summed E-state index contributed by atoms with van der Waals surface area (Å²) in [5, 5.41) is 8.72. The number of primary amides is 1. The van der Waals surface area contributed by atoms with E-state index in [1.807, 2.05) is 0 Å². The van der Waals surface area contributed by atoms with Gasteiger partial charge in [0.15, 0.2) is 0 Å². The second-order valence-corrected chi connectivity index (χ2v) is 4.28. The Morgan fingerprint density at radius 2 is 1.91 bits per heavy atom. The van der Waals surface area contributed by atoms with Gasteiger partial charge in [-0.15, -0.1) is 0 Å². The molecule has 0 unspecified atom stereocenters. The van der Waals surface area contributed by atoms with E-state index in [2.05, 4.69) is 0 Å². The molecule has 0 saturated heterocycles. The fourth-order valence-electron chi connectivity index (χ4n) is 1.82. The Hall–Kier alpha value is -3.01. The van der Waals surface area contributed by atoms with Crippen molar-refractivity contribution in [3.8, 4) is 17.4 Å². The highest BCUT2D eigenvalue weighted by molar-refractivity contribution is 6.00. The van der Waals surface area contributed by atoms with Crippen molar-refractivity contribution in [3.63, 3.8) is 0 Å².